The average Bonchev–Trinajstić information content (AvgIpc) is 2.64. The third-order valence-corrected chi connectivity index (χ3v) is 5.75. The summed E-state index contributed by atoms with van der Waals surface area (Å²) in [6.45, 7) is 1.21. The van der Waals surface area contributed by atoms with Gasteiger partial charge in [0.05, 0.1) is 5.52 Å². The van der Waals surface area contributed by atoms with Crippen molar-refractivity contribution < 1.29 is 4.79 Å². The van der Waals surface area contributed by atoms with E-state index in [0.717, 1.165) is 24.9 Å². The zero-order valence-corrected chi connectivity index (χ0v) is 14.0. The molecule has 0 unspecified atom stereocenters. The number of piperidine rings is 1. The van der Waals surface area contributed by atoms with Gasteiger partial charge in [-0.3, -0.25) is 9.59 Å². The average molecular weight is 324 g/mol. The maximum absolute atomic E-state index is 13.0. The first kappa shape index (κ1) is 15.4. The second kappa shape index (κ2) is 6.42. The zero-order chi connectivity index (χ0) is 16.5. The Kier molecular flexibility index (Phi) is 4.13. The van der Waals surface area contributed by atoms with Gasteiger partial charge < -0.3 is 9.47 Å². The molecule has 4 heteroatoms. The predicted octanol–water partition coefficient (Wildman–Crippen LogP) is 3.18. The summed E-state index contributed by atoms with van der Waals surface area (Å²) in [5, 5.41) is 0.682. The summed E-state index contributed by atoms with van der Waals surface area (Å²) in [7, 11) is 0. The van der Waals surface area contributed by atoms with Crippen molar-refractivity contribution in [2.24, 2.45) is 5.92 Å². The number of hydrogen-bond donors (Lipinski definition) is 0. The van der Waals surface area contributed by atoms with Crippen LogP contribution in [0.4, 0.5) is 0 Å². The van der Waals surface area contributed by atoms with Gasteiger partial charge >= 0.3 is 0 Å². The summed E-state index contributed by atoms with van der Waals surface area (Å²) in [5.74, 6) is 0.891. The summed E-state index contributed by atoms with van der Waals surface area (Å²) in [5.41, 5.74) is 0.857. The molecule has 0 bridgehead atoms. The highest BCUT2D eigenvalue weighted by atomic mass is 16.2. The Labute approximate surface area is 142 Å². The second-order valence-corrected chi connectivity index (χ2v) is 7.17. The number of para-hydroxylation sites is 1. The molecule has 2 heterocycles. The number of aromatic nitrogens is 1. The maximum atomic E-state index is 13.0. The van der Waals surface area contributed by atoms with Gasteiger partial charge in [-0.05, 0) is 43.7 Å². The Morgan fingerprint density at radius 2 is 1.83 bits per heavy atom. The Balaban J connectivity index is 1.60. The Morgan fingerprint density at radius 1 is 1.04 bits per heavy atom. The van der Waals surface area contributed by atoms with E-state index in [9.17, 15) is 9.59 Å². The third kappa shape index (κ3) is 2.74. The van der Waals surface area contributed by atoms with Crippen molar-refractivity contribution in [2.75, 3.05) is 6.54 Å². The van der Waals surface area contributed by atoms with Crippen molar-refractivity contribution >= 4 is 16.8 Å². The molecular weight excluding hydrogens is 300 g/mol. The van der Waals surface area contributed by atoms with Gasteiger partial charge in [0, 0.05) is 30.2 Å². The number of pyridine rings is 1. The van der Waals surface area contributed by atoms with Crippen molar-refractivity contribution in [1.29, 1.82) is 0 Å². The summed E-state index contributed by atoms with van der Waals surface area (Å²) in [6.07, 6.45) is 9.13. The standard InChI is InChI=1S/C20H24N2O2/c23-19-11-13-21(18-10-4-2-8-16(18)19)14-20(24)22-12-5-7-15-6-1-3-9-17(15)22/h2,4,8,10-11,13,15,17H,1,3,5-7,9,12,14H2/t15-,17+/m1/s1. The van der Waals surface area contributed by atoms with Gasteiger partial charge in [0.2, 0.25) is 5.91 Å². The molecule has 4 nitrogen and oxygen atoms in total. The topological polar surface area (TPSA) is 42.3 Å². The minimum absolute atomic E-state index is 0.0135. The molecule has 24 heavy (non-hydrogen) atoms. The number of amides is 1. The lowest BCUT2D eigenvalue weighted by molar-refractivity contribution is -0.138. The fourth-order valence-corrected chi connectivity index (χ4v) is 4.57. The van der Waals surface area contributed by atoms with Crippen LogP contribution in [0.15, 0.2) is 41.3 Å². The minimum Gasteiger partial charge on any atom is -0.338 e. The Morgan fingerprint density at radius 3 is 2.75 bits per heavy atom. The second-order valence-electron chi connectivity index (χ2n) is 7.17. The lowest BCUT2D eigenvalue weighted by Crippen LogP contribution is -2.50. The molecule has 1 aromatic heterocycles. The van der Waals surface area contributed by atoms with Gasteiger partial charge in [0.25, 0.3) is 0 Å². The van der Waals surface area contributed by atoms with E-state index >= 15 is 0 Å². The van der Waals surface area contributed by atoms with Crippen LogP contribution < -0.4 is 5.43 Å². The van der Waals surface area contributed by atoms with E-state index in [-0.39, 0.29) is 11.3 Å². The summed E-state index contributed by atoms with van der Waals surface area (Å²) >= 11 is 0. The summed E-state index contributed by atoms with van der Waals surface area (Å²) in [6, 6.07) is 9.54. The van der Waals surface area contributed by atoms with Crippen molar-refractivity contribution in [3.05, 3.63) is 46.8 Å². The smallest absolute Gasteiger partial charge is 0.242 e. The number of likely N-dealkylation sites (tertiary alicyclic amines) is 1. The molecule has 1 aliphatic heterocycles. The van der Waals surface area contributed by atoms with Crippen LogP contribution in [0.3, 0.4) is 0 Å². The third-order valence-electron chi connectivity index (χ3n) is 5.75. The largest absolute Gasteiger partial charge is 0.338 e. The highest BCUT2D eigenvalue weighted by molar-refractivity contribution is 5.82. The molecule has 1 aliphatic carbocycles. The van der Waals surface area contributed by atoms with Crippen LogP contribution >= 0.6 is 0 Å². The van der Waals surface area contributed by atoms with E-state index in [1.54, 1.807) is 12.3 Å². The molecule has 1 amide bonds. The lowest BCUT2D eigenvalue weighted by atomic mass is 9.78. The molecule has 0 N–H and O–H groups in total. The molecular formula is C20H24N2O2. The number of benzene rings is 1. The summed E-state index contributed by atoms with van der Waals surface area (Å²) in [4.78, 5) is 27.1. The van der Waals surface area contributed by atoms with E-state index in [1.165, 1.54) is 25.7 Å². The van der Waals surface area contributed by atoms with Gasteiger partial charge in [-0.15, -0.1) is 0 Å². The molecule has 2 aliphatic rings. The molecule has 2 aromatic rings. The van der Waals surface area contributed by atoms with Crippen LogP contribution in [-0.4, -0.2) is 28.0 Å². The van der Waals surface area contributed by atoms with Crippen LogP contribution in [0, 0.1) is 5.92 Å². The molecule has 0 spiro atoms. The maximum Gasteiger partial charge on any atom is 0.242 e. The van der Waals surface area contributed by atoms with Gasteiger partial charge in [-0.25, -0.2) is 0 Å². The van der Waals surface area contributed by atoms with Crippen molar-refractivity contribution in [3.63, 3.8) is 0 Å². The fraction of sp³-hybridized carbons (Fsp3) is 0.500. The predicted molar refractivity (Wildman–Crippen MR) is 94.9 cm³/mol. The van der Waals surface area contributed by atoms with E-state index in [1.807, 2.05) is 28.8 Å². The lowest BCUT2D eigenvalue weighted by Gasteiger charge is -2.44. The molecule has 1 aromatic carbocycles. The first-order valence-corrected chi connectivity index (χ1v) is 9.12. The quantitative estimate of drug-likeness (QED) is 0.851. The molecule has 1 saturated heterocycles. The number of hydrogen-bond acceptors (Lipinski definition) is 2. The number of nitrogens with zero attached hydrogens (tertiary/aromatic N) is 2. The van der Waals surface area contributed by atoms with Crippen molar-refractivity contribution in [1.82, 2.24) is 9.47 Å². The van der Waals surface area contributed by atoms with Crippen molar-refractivity contribution in [3.8, 4) is 0 Å². The van der Waals surface area contributed by atoms with Crippen LogP contribution in [0.25, 0.3) is 10.9 Å². The van der Waals surface area contributed by atoms with E-state index in [0.29, 0.717) is 23.9 Å². The van der Waals surface area contributed by atoms with Gasteiger partial charge in [0.15, 0.2) is 5.43 Å². The highest BCUT2D eigenvalue weighted by Crippen LogP contribution is 2.35. The normalized spacial score (nSPS) is 23.9. The van der Waals surface area contributed by atoms with E-state index < -0.39 is 0 Å². The van der Waals surface area contributed by atoms with Crippen LogP contribution in [0.5, 0.6) is 0 Å². The Bertz CT molecular complexity index is 809. The minimum atomic E-state index is 0.0135. The van der Waals surface area contributed by atoms with E-state index in [4.69, 9.17) is 0 Å². The number of rotatable bonds is 2. The first-order valence-electron chi connectivity index (χ1n) is 9.12. The number of carbonyl (C=O) groups excluding carboxylic acids is 1. The molecule has 0 radical (unpaired) electrons. The number of carbonyl (C=O) groups is 1. The van der Waals surface area contributed by atoms with Gasteiger partial charge in [0.1, 0.15) is 6.54 Å². The number of fused-ring (bicyclic) bond motifs is 2. The van der Waals surface area contributed by atoms with Crippen molar-refractivity contribution in [2.45, 2.75) is 51.1 Å². The summed E-state index contributed by atoms with van der Waals surface area (Å²) < 4.78 is 1.92. The fourth-order valence-electron chi connectivity index (χ4n) is 4.57. The molecule has 1 saturated carbocycles. The molecule has 4 rings (SSSR count). The molecule has 2 fully saturated rings. The van der Waals surface area contributed by atoms with Crippen LogP contribution in [0.1, 0.15) is 38.5 Å². The van der Waals surface area contributed by atoms with Gasteiger partial charge in [-0.2, -0.15) is 0 Å². The van der Waals surface area contributed by atoms with E-state index in [2.05, 4.69) is 4.90 Å². The first-order chi connectivity index (χ1) is 11.7. The van der Waals surface area contributed by atoms with Gasteiger partial charge in [-0.1, -0.05) is 25.0 Å². The molecule has 126 valence electrons. The Hall–Kier alpha value is -2.10. The van der Waals surface area contributed by atoms with Crippen LogP contribution in [0.2, 0.25) is 0 Å². The SMILES string of the molecule is O=C(Cn1ccc(=O)c2ccccc21)N1CCC[C@H]2CCCC[C@@H]21. The zero-order valence-electron chi connectivity index (χ0n) is 14.0. The monoisotopic (exact) mass is 324 g/mol. The molecule has 2 atom stereocenters. The highest BCUT2D eigenvalue weighted by Gasteiger charge is 2.35. The van der Waals surface area contributed by atoms with Crippen LogP contribution in [-0.2, 0) is 11.3 Å².